The van der Waals surface area contributed by atoms with Crippen molar-refractivity contribution >= 4 is 5.91 Å². The van der Waals surface area contributed by atoms with Crippen molar-refractivity contribution in [2.24, 2.45) is 5.92 Å². The molecule has 1 unspecified atom stereocenters. The summed E-state index contributed by atoms with van der Waals surface area (Å²) in [5.74, 6) is 0.252. The summed E-state index contributed by atoms with van der Waals surface area (Å²) in [6.45, 7) is 6.02. The molecule has 0 radical (unpaired) electrons. The van der Waals surface area contributed by atoms with E-state index in [0.29, 0.717) is 6.42 Å². The summed E-state index contributed by atoms with van der Waals surface area (Å²) in [7, 11) is 0. The third-order valence-electron chi connectivity index (χ3n) is 3.07. The topological polar surface area (TPSA) is 49.3 Å². The molecule has 0 saturated heterocycles. The second kappa shape index (κ2) is 7.17. The van der Waals surface area contributed by atoms with Crippen LogP contribution in [0.25, 0.3) is 0 Å². The molecular weight excluding hydrogens is 226 g/mol. The molecule has 0 fully saturated rings. The lowest BCUT2D eigenvalue weighted by atomic mass is 10.0. The van der Waals surface area contributed by atoms with Crippen LogP contribution in [0.15, 0.2) is 24.3 Å². The Morgan fingerprint density at radius 1 is 1.39 bits per heavy atom. The maximum Gasteiger partial charge on any atom is 0.220 e. The maximum absolute atomic E-state index is 11.8. The highest BCUT2D eigenvalue weighted by Crippen LogP contribution is 2.07. The zero-order chi connectivity index (χ0) is 13.5. The number of aryl methyl sites for hydroxylation is 2. The fourth-order valence-corrected chi connectivity index (χ4v) is 1.83. The van der Waals surface area contributed by atoms with Crippen molar-refractivity contribution in [3.63, 3.8) is 0 Å². The van der Waals surface area contributed by atoms with Crippen LogP contribution in [0.3, 0.4) is 0 Å². The highest BCUT2D eigenvalue weighted by Gasteiger charge is 2.14. The molecule has 0 aliphatic rings. The maximum atomic E-state index is 11.8. The molecule has 1 aromatic rings. The Morgan fingerprint density at radius 3 is 2.67 bits per heavy atom. The average Bonchev–Trinajstić information content (AvgIpc) is 2.33. The van der Waals surface area contributed by atoms with Crippen LogP contribution in [-0.4, -0.2) is 23.7 Å². The van der Waals surface area contributed by atoms with Crippen molar-refractivity contribution in [1.29, 1.82) is 0 Å². The lowest BCUT2D eigenvalue weighted by molar-refractivity contribution is -0.122. The molecule has 0 heterocycles. The number of amides is 1. The van der Waals surface area contributed by atoms with E-state index in [1.54, 1.807) is 0 Å². The third-order valence-corrected chi connectivity index (χ3v) is 3.07. The van der Waals surface area contributed by atoms with Crippen molar-refractivity contribution in [3.05, 3.63) is 35.4 Å². The molecule has 1 rings (SSSR count). The summed E-state index contributed by atoms with van der Waals surface area (Å²) < 4.78 is 0. The molecule has 0 aliphatic carbocycles. The van der Waals surface area contributed by atoms with E-state index in [4.69, 9.17) is 5.11 Å². The van der Waals surface area contributed by atoms with Crippen molar-refractivity contribution in [3.8, 4) is 0 Å². The minimum Gasteiger partial charge on any atom is -0.394 e. The van der Waals surface area contributed by atoms with Crippen LogP contribution < -0.4 is 5.32 Å². The molecule has 3 heteroatoms. The quantitative estimate of drug-likeness (QED) is 0.810. The number of hydrogen-bond donors (Lipinski definition) is 2. The van der Waals surface area contributed by atoms with Gasteiger partial charge in [-0.2, -0.15) is 0 Å². The van der Waals surface area contributed by atoms with Crippen LogP contribution in [0, 0.1) is 12.8 Å². The first-order chi connectivity index (χ1) is 8.52. The van der Waals surface area contributed by atoms with E-state index in [2.05, 4.69) is 11.4 Å². The van der Waals surface area contributed by atoms with Gasteiger partial charge in [-0.15, -0.1) is 0 Å². The van der Waals surface area contributed by atoms with Gasteiger partial charge in [-0.1, -0.05) is 43.7 Å². The van der Waals surface area contributed by atoms with E-state index in [0.717, 1.165) is 6.42 Å². The second-order valence-electron chi connectivity index (χ2n) is 5.09. The van der Waals surface area contributed by atoms with Crippen molar-refractivity contribution in [2.75, 3.05) is 6.61 Å². The van der Waals surface area contributed by atoms with Crippen molar-refractivity contribution < 1.29 is 9.90 Å². The van der Waals surface area contributed by atoms with Gasteiger partial charge in [0, 0.05) is 6.42 Å². The normalized spacial score (nSPS) is 12.5. The third kappa shape index (κ3) is 4.88. The minimum absolute atomic E-state index is 0.00394. The summed E-state index contributed by atoms with van der Waals surface area (Å²) in [4.78, 5) is 11.8. The summed E-state index contributed by atoms with van der Waals surface area (Å²) >= 11 is 0. The molecule has 0 aromatic heterocycles. The fourth-order valence-electron chi connectivity index (χ4n) is 1.83. The molecule has 0 bridgehead atoms. The van der Waals surface area contributed by atoms with E-state index in [9.17, 15) is 4.79 Å². The zero-order valence-electron chi connectivity index (χ0n) is 11.4. The lowest BCUT2D eigenvalue weighted by Gasteiger charge is -2.19. The molecule has 2 N–H and O–H groups in total. The zero-order valence-corrected chi connectivity index (χ0v) is 11.4. The first-order valence-electron chi connectivity index (χ1n) is 6.48. The number of benzene rings is 1. The highest BCUT2D eigenvalue weighted by atomic mass is 16.3. The Kier molecular flexibility index (Phi) is 5.86. The Morgan fingerprint density at radius 2 is 2.11 bits per heavy atom. The molecule has 0 spiro atoms. The van der Waals surface area contributed by atoms with Gasteiger partial charge in [-0.05, 0) is 24.8 Å². The number of carbonyl (C=O) groups excluding carboxylic acids is 1. The average molecular weight is 249 g/mol. The van der Waals surface area contributed by atoms with Crippen LogP contribution in [0.4, 0.5) is 0 Å². The van der Waals surface area contributed by atoms with Crippen LogP contribution in [0.5, 0.6) is 0 Å². The van der Waals surface area contributed by atoms with E-state index in [-0.39, 0.29) is 24.5 Å². The van der Waals surface area contributed by atoms with Crippen LogP contribution in [0.2, 0.25) is 0 Å². The molecule has 18 heavy (non-hydrogen) atoms. The number of aliphatic hydroxyl groups is 1. The van der Waals surface area contributed by atoms with Gasteiger partial charge in [-0.25, -0.2) is 0 Å². The Balaban J connectivity index is 2.41. The van der Waals surface area contributed by atoms with E-state index < -0.39 is 0 Å². The number of hydrogen-bond acceptors (Lipinski definition) is 2. The molecule has 100 valence electrons. The van der Waals surface area contributed by atoms with Gasteiger partial charge < -0.3 is 10.4 Å². The van der Waals surface area contributed by atoms with Crippen LogP contribution >= 0.6 is 0 Å². The Bertz CT molecular complexity index is 388. The minimum atomic E-state index is -0.144. The number of rotatable bonds is 6. The van der Waals surface area contributed by atoms with Gasteiger partial charge >= 0.3 is 0 Å². The molecule has 1 atom stereocenters. The molecular formula is C15H23NO2. The van der Waals surface area contributed by atoms with Gasteiger partial charge in [0.25, 0.3) is 0 Å². The predicted octanol–water partition coefficient (Wildman–Crippen LogP) is 2.06. The molecule has 0 saturated carbocycles. The predicted molar refractivity (Wildman–Crippen MR) is 73.4 cm³/mol. The monoisotopic (exact) mass is 249 g/mol. The summed E-state index contributed by atoms with van der Waals surface area (Å²) in [6, 6.07) is 8.04. The van der Waals surface area contributed by atoms with E-state index in [1.165, 1.54) is 11.1 Å². The van der Waals surface area contributed by atoms with E-state index >= 15 is 0 Å². The van der Waals surface area contributed by atoms with Gasteiger partial charge in [0.1, 0.15) is 0 Å². The Labute approximate surface area is 109 Å². The van der Waals surface area contributed by atoms with Gasteiger partial charge in [0.2, 0.25) is 5.91 Å². The molecule has 0 aliphatic heterocycles. The largest absolute Gasteiger partial charge is 0.394 e. The Hall–Kier alpha value is -1.35. The van der Waals surface area contributed by atoms with Gasteiger partial charge in [-0.3, -0.25) is 4.79 Å². The van der Waals surface area contributed by atoms with E-state index in [1.807, 2.05) is 39.0 Å². The van der Waals surface area contributed by atoms with Crippen LogP contribution in [-0.2, 0) is 11.2 Å². The summed E-state index contributed by atoms with van der Waals surface area (Å²) in [5.41, 5.74) is 2.39. The summed E-state index contributed by atoms with van der Waals surface area (Å²) in [6.07, 6.45) is 1.20. The smallest absolute Gasteiger partial charge is 0.220 e. The number of carbonyl (C=O) groups is 1. The first kappa shape index (κ1) is 14.7. The molecule has 1 aromatic carbocycles. The number of nitrogens with one attached hydrogen (secondary N) is 1. The van der Waals surface area contributed by atoms with Crippen molar-refractivity contribution in [2.45, 2.75) is 39.7 Å². The van der Waals surface area contributed by atoms with Gasteiger partial charge in [0.05, 0.1) is 12.6 Å². The van der Waals surface area contributed by atoms with Crippen molar-refractivity contribution in [1.82, 2.24) is 5.32 Å². The number of aliphatic hydroxyl groups excluding tert-OH is 1. The highest BCUT2D eigenvalue weighted by molar-refractivity contribution is 5.76. The summed E-state index contributed by atoms with van der Waals surface area (Å²) in [5, 5.41) is 12.0. The second-order valence-corrected chi connectivity index (χ2v) is 5.09. The molecule has 3 nitrogen and oxygen atoms in total. The fraction of sp³-hybridized carbons (Fsp3) is 0.533. The molecule has 1 amide bonds. The SMILES string of the molecule is Cc1cccc(CCC(=O)NC(CO)C(C)C)c1. The standard InChI is InChI=1S/C15H23NO2/c1-11(2)14(10-17)16-15(18)8-7-13-6-4-5-12(3)9-13/h4-6,9,11,14,17H,7-8,10H2,1-3H3,(H,16,18). The van der Waals surface area contributed by atoms with Gasteiger partial charge in [0.15, 0.2) is 0 Å². The lowest BCUT2D eigenvalue weighted by Crippen LogP contribution is -2.41. The first-order valence-corrected chi connectivity index (χ1v) is 6.48. The van der Waals surface area contributed by atoms with Crippen LogP contribution in [0.1, 0.15) is 31.4 Å².